The van der Waals surface area contributed by atoms with Gasteiger partial charge in [0.25, 0.3) is 5.95 Å². The fraction of sp³-hybridized carbons (Fsp3) is 0.375. The Bertz CT molecular complexity index is 1170. The molecule has 3 aromatic rings. The molecule has 2 saturated heterocycles. The minimum atomic E-state index is -0.479. The number of hydrogen-bond donors (Lipinski definition) is 2. The van der Waals surface area contributed by atoms with E-state index in [1.807, 2.05) is 29.2 Å². The Hall–Kier alpha value is -3.70. The number of aromatic nitrogens is 3. The molecule has 1 aromatic carbocycles. The second-order valence-corrected chi connectivity index (χ2v) is 8.63. The molecule has 4 heterocycles. The molecule has 0 aliphatic carbocycles. The number of nitrogens with zero attached hydrogens (tertiary/aromatic N) is 7. The Balaban J connectivity index is 1.18. The van der Waals surface area contributed by atoms with Crippen molar-refractivity contribution in [3.63, 3.8) is 0 Å². The van der Waals surface area contributed by atoms with E-state index in [-0.39, 0.29) is 18.3 Å². The number of azo groups is 1. The van der Waals surface area contributed by atoms with E-state index in [4.69, 9.17) is 4.74 Å². The maximum Gasteiger partial charge on any atom is 0.270 e. The zero-order chi connectivity index (χ0) is 24.0. The van der Waals surface area contributed by atoms with Crippen LogP contribution in [0.3, 0.4) is 0 Å². The maximum atomic E-state index is 14.2. The van der Waals surface area contributed by atoms with Crippen LogP contribution in [0.1, 0.15) is 12.6 Å². The van der Waals surface area contributed by atoms with Crippen LogP contribution in [0.4, 0.5) is 33.2 Å². The summed E-state index contributed by atoms with van der Waals surface area (Å²) in [7, 11) is 0. The first-order valence-corrected chi connectivity index (χ1v) is 11.7. The number of anilines is 4. The van der Waals surface area contributed by atoms with Crippen LogP contribution >= 0.6 is 0 Å². The Kier molecular flexibility index (Phi) is 7.05. The molecule has 0 spiro atoms. The first-order valence-electron chi connectivity index (χ1n) is 11.7. The highest BCUT2D eigenvalue weighted by Crippen LogP contribution is 2.24. The third-order valence-corrected chi connectivity index (χ3v) is 5.81. The topological polar surface area (TPSA) is 103 Å². The molecular weight excluding hydrogens is 449 g/mol. The summed E-state index contributed by atoms with van der Waals surface area (Å²) >= 11 is 0. The van der Waals surface area contributed by atoms with Gasteiger partial charge in [-0.1, -0.05) is 13.0 Å². The van der Waals surface area contributed by atoms with Gasteiger partial charge < -0.3 is 20.0 Å². The van der Waals surface area contributed by atoms with Crippen molar-refractivity contribution in [2.45, 2.75) is 13.5 Å². The summed E-state index contributed by atoms with van der Waals surface area (Å²) in [5, 5.41) is 13.8. The van der Waals surface area contributed by atoms with Gasteiger partial charge in [-0.25, -0.2) is 14.8 Å². The number of halogens is 1. The number of rotatable bonds is 7. The summed E-state index contributed by atoms with van der Waals surface area (Å²) in [6, 6.07) is 12.1. The fourth-order valence-corrected chi connectivity index (χ4v) is 3.98. The van der Waals surface area contributed by atoms with Crippen molar-refractivity contribution >= 4 is 28.8 Å². The Morgan fingerprint density at radius 1 is 1.14 bits per heavy atom. The predicted octanol–water partition coefficient (Wildman–Crippen LogP) is 3.84. The van der Waals surface area contributed by atoms with Crippen LogP contribution in [0.25, 0.3) is 0 Å². The Labute approximate surface area is 203 Å². The number of morpholine rings is 1. The maximum absolute atomic E-state index is 14.2. The van der Waals surface area contributed by atoms with Gasteiger partial charge >= 0.3 is 0 Å². The highest BCUT2D eigenvalue weighted by molar-refractivity contribution is 5.64. The quantitative estimate of drug-likeness (QED) is 0.495. The van der Waals surface area contributed by atoms with E-state index < -0.39 is 5.82 Å². The molecule has 2 aliphatic rings. The number of ether oxygens (including phenoxy) is 1. The second-order valence-electron chi connectivity index (χ2n) is 8.63. The lowest BCUT2D eigenvalue weighted by Gasteiger charge is -2.27. The van der Waals surface area contributed by atoms with Crippen molar-refractivity contribution in [3.05, 3.63) is 60.3 Å². The molecule has 5 rings (SSSR count). The molecular formula is C24H28FN9O. The van der Waals surface area contributed by atoms with Crippen LogP contribution in [0.5, 0.6) is 0 Å². The lowest BCUT2D eigenvalue weighted by atomic mass is 10.2. The largest absolute Gasteiger partial charge is 0.378 e. The van der Waals surface area contributed by atoms with Gasteiger partial charge in [-0.2, -0.15) is 10.1 Å². The molecule has 0 saturated carbocycles. The molecule has 0 amide bonds. The van der Waals surface area contributed by atoms with E-state index in [0.717, 1.165) is 42.0 Å². The molecule has 2 aromatic heterocycles. The normalized spacial score (nSPS) is 18.4. The number of benzene rings is 1. The molecule has 0 radical (unpaired) electrons. The van der Waals surface area contributed by atoms with Crippen LogP contribution in [0.2, 0.25) is 0 Å². The molecule has 10 nitrogen and oxygen atoms in total. The van der Waals surface area contributed by atoms with Gasteiger partial charge in [-0.05, 0) is 36.2 Å². The number of hydrogen-bond acceptors (Lipinski definition) is 10. The monoisotopic (exact) mass is 477 g/mol. The van der Waals surface area contributed by atoms with Crippen molar-refractivity contribution < 1.29 is 9.13 Å². The van der Waals surface area contributed by atoms with Gasteiger partial charge in [0.15, 0.2) is 11.6 Å². The standard InChI is InChI=1S/C24H28FN9O/c1-17-12-29-34(16-17)21-4-2-3-18(11-21)30-20-6-5-19(26-13-20)14-28-32-24-27-15-22(25)23(31-24)33-7-9-35-10-8-33/h2-6,11,13,15,17,29-30H,7-10,12,14,16H2,1H3. The van der Waals surface area contributed by atoms with Crippen LogP contribution in [0, 0.1) is 11.7 Å². The minimum Gasteiger partial charge on any atom is -0.378 e. The summed E-state index contributed by atoms with van der Waals surface area (Å²) in [5.74, 6) is 0.493. The molecule has 2 fully saturated rings. The van der Waals surface area contributed by atoms with Crippen LogP contribution in [0.15, 0.2) is 59.0 Å². The highest BCUT2D eigenvalue weighted by atomic mass is 19.1. The molecule has 11 heteroatoms. The Morgan fingerprint density at radius 3 is 2.80 bits per heavy atom. The van der Waals surface area contributed by atoms with E-state index >= 15 is 0 Å². The van der Waals surface area contributed by atoms with E-state index in [9.17, 15) is 4.39 Å². The summed E-state index contributed by atoms with van der Waals surface area (Å²) in [6.45, 7) is 6.71. The van der Waals surface area contributed by atoms with E-state index in [1.54, 1.807) is 6.20 Å². The summed E-state index contributed by atoms with van der Waals surface area (Å²) in [6.07, 6.45) is 2.89. The zero-order valence-electron chi connectivity index (χ0n) is 19.6. The number of nitrogens with one attached hydrogen (secondary N) is 2. The zero-order valence-corrected chi connectivity index (χ0v) is 19.6. The van der Waals surface area contributed by atoms with Gasteiger partial charge in [0.05, 0.1) is 42.7 Å². The van der Waals surface area contributed by atoms with Gasteiger partial charge in [0.1, 0.15) is 6.54 Å². The van der Waals surface area contributed by atoms with Crippen molar-refractivity contribution in [1.29, 1.82) is 0 Å². The number of hydrazine groups is 1. The van der Waals surface area contributed by atoms with Gasteiger partial charge in [-0.3, -0.25) is 4.98 Å². The smallest absolute Gasteiger partial charge is 0.270 e. The van der Waals surface area contributed by atoms with Crippen molar-refractivity contribution in [2.75, 3.05) is 54.6 Å². The average molecular weight is 478 g/mol. The first-order chi connectivity index (χ1) is 17.1. The minimum absolute atomic E-state index is 0.118. The SMILES string of the molecule is CC1CNN(c2cccc(Nc3ccc(CN=Nc4ncc(F)c(N5CCOCC5)n4)nc3)c2)C1. The van der Waals surface area contributed by atoms with Gasteiger partial charge in [0.2, 0.25) is 0 Å². The van der Waals surface area contributed by atoms with Crippen molar-refractivity contribution in [2.24, 2.45) is 16.1 Å². The molecule has 182 valence electrons. The van der Waals surface area contributed by atoms with Crippen molar-refractivity contribution in [3.8, 4) is 0 Å². The Morgan fingerprint density at radius 2 is 2.03 bits per heavy atom. The van der Waals surface area contributed by atoms with Crippen LogP contribution in [-0.4, -0.2) is 54.3 Å². The van der Waals surface area contributed by atoms with E-state index in [0.29, 0.717) is 32.2 Å². The highest BCUT2D eigenvalue weighted by Gasteiger charge is 2.19. The van der Waals surface area contributed by atoms with Gasteiger partial charge in [-0.15, -0.1) is 5.11 Å². The third kappa shape index (κ3) is 5.87. The summed E-state index contributed by atoms with van der Waals surface area (Å²) in [4.78, 5) is 14.4. The van der Waals surface area contributed by atoms with Crippen molar-refractivity contribution in [1.82, 2.24) is 20.4 Å². The molecule has 2 aliphatic heterocycles. The predicted molar refractivity (Wildman–Crippen MR) is 132 cm³/mol. The molecule has 1 unspecified atom stereocenters. The molecule has 35 heavy (non-hydrogen) atoms. The third-order valence-electron chi connectivity index (χ3n) is 5.81. The molecule has 1 atom stereocenters. The lowest BCUT2D eigenvalue weighted by molar-refractivity contribution is 0.122. The van der Waals surface area contributed by atoms with Gasteiger partial charge in [0, 0.05) is 31.9 Å². The number of pyridine rings is 1. The van der Waals surface area contributed by atoms with Crippen LogP contribution < -0.4 is 20.7 Å². The second kappa shape index (κ2) is 10.7. The average Bonchev–Trinajstić information content (AvgIpc) is 3.33. The van der Waals surface area contributed by atoms with Crippen LogP contribution in [-0.2, 0) is 11.3 Å². The molecule has 0 bridgehead atoms. The summed E-state index contributed by atoms with van der Waals surface area (Å²) < 4.78 is 19.5. The fourth-order valence-electron chi connectivity index (χ4n) is 3.98. The lowest BCUT2D eigenvalue weighted by Crippen LogP contribution is -2.37. The first kappa shape index (κ1) is 23.1. The summed E-state index contributed by atoms with van der Waals surface area (Å²) in [5.41, 5.74) is 7.16. The van der Waals surface area contributed by atoms with E-state index in [2.05, 4.69) is 60.0 Å². The molecule has 2 N–H and O–H groups in total. The van der Waals surface area contributed by atoms with E-state index in [1.165, 1.54) is 0 Å².